The molecule has 0 unspecified atom stereocenters. The lowest BCUT2D eigenvalue weighted by atomic mass is 10.2. The summed E-state index contributed by atoms with van der Waals surface area (Å²) in [6.45, 7) is 5.49. The van der Waals surface area contributed by atoms with Crippen molar-refractivity contribution in [3.05, 3.63) is 42.8 Å². The minimum atomic E-state index is 0.878. The number of hydrogen-bond donors (Lipinski definition) is 0. The van der Waals surface area contributed by atoms with Gasteiger partial charge in [-0.2, -0.15) is 0 Å². The highest BCUT2D eigenvalue weighted by Gasteiger charge is 1.93. The van der Waals surface area contributed by atoms with Crippen molar-refractivity contribution in [3.8, 4) is 0 Å². The molecule has 0 N–H and O–H groups in total. The molecule has 0 aliphatic carbocycles. The van der Waals surface area contributed by atoms with Crippen LogP contribution in [0.15, 0.2) is 42.2 Å². The molecule has 0 saturated heterocycles. The van der Waals surface area contributed by atoms with Gasteiger partial charge in [-0.1, -0.05) is 24.8 Å². The number of hydrogen-bond acceptors (Lipinski definition) is 2. The zero-order valence-corrected chi connectivity index (χ0v) is 7.64. The minimum absolute atomic E-state index is 0.878. The number of rotatable bonds is 3. The van der Waals surface area contributed by atoms with Crippen LogP contribution in [0.25, 0.3) is 6.08 Å². The van der Waals surface area contributed by atoms with Crippen molar-refractivity contribution < 1.29 is 0 Å². The van der Waals surface area contributed by atoms with Gasteiger partial charge in [-0.15, -0.1) is 0 Å². The van der Waals surface area contributed by atoms with Crippen molar-refractivity contribution in [2.24, 2.45) is 4.99 Å². The first-order valence-corrected chi connectivity index (χ1v) is 4.10. The van der Waals surface area contributed by atoms with Crippen LogP contribution in [0, 0.1) is 0 Å². The van der Waals surface area contributed by atoms with Gasteiger partial charge in [0.15, 0.2) is 0 Å². The van der Waals surface area contributed by atoms with E-state index in [0.29, 0.717) is 0 Å². The smallest absolute Gasteiger partial charge is 0.0880 e. The number of aromatic nitrogens is 1. The fourth-order valence-electron chi connectivity index (χ4n) is 0.956. The zero-order chi connectivity index (χ0) is 9.52. The Morgan fingerprint density at radius 1 is 1.54 bits per heavy atom. The molecule has 2 heteroatoms. The van der Waals surface area contributed by atoms with Gasteiger partial charge in [0, 0.05) is 18.0 Å². The molecule has 0 radical (unpaired) electrons. The average Bonchev–Trinajstić information content (AvgIpc) is 2.17. The van der Waals surface area contributed by atoms with Crippen LogP contribution in [-0.4, -0.2) is 11.2 Å². The van der Waals surface area contributed by atoms with Gasteiger partial charge in [-0.3, -0.25) is 9.98 Å². The van der Waals surface area contributed by atoms with Crippen LogP contribution in [0.5, 0.6) is 0 Å². The lowest BCUT2D eigenvalue weighted by molar-refractivity contribution is 1.30. The first-order chi connectivity index (χ1) is 6.38. The van der Waals surface area contributed by atoms with Crippen LogP contribution in [0.4, 0.5) is 5.69 Å². The monoisotopic (exact) mass is 172 g/mol. The van der Waals surface area contributed by atoms with Crippen LogP contribution in [0.1, 0.15) is 12.5 Å². The fourth-order valence-corrected chi connectivity index (χ4v) is 0.956. The Bertz CT molecular complexity index is 338. The summed E-state index contributed by atoms with van der Waals surface area (Å²) in [6.07, 6.45) is 10.8. The molecule has 0 aliphatic heterocycles. The molecule has 0 atom stereocenters. The third-order valence-corrected chi connectivity index (χ3v) is 1.51. The van der Waals surface area contributed by atoms with Crippen molar-refractivity contribution in [1.29, 1.82) is 0 Å². The lowest BCUT2D eigenvalue weighted by Crippen LogP contribution is -1.76. The van der Waals surface area contributed by atoms with Crippen molar-refractivity contribution in [1.82, 2.24) is 4.98 Å². The highest BCUT2D eigenvalue weighted by molar-refractivity contribution is 5.69. The molecule has 1 rings (SSSR count). The summed E-state index contributed by atoms with van der Waals surface area (Å²) in [5, 5.41) is 0. The molecule has 0 spiro atoms. The molecule has 0 aliphatic rings. The largest absolute Gasteiger partial charge is 0.262 e. The zero-order valence-electron chi connectivity index (χ0n) is 7.64. The first kappa shape index (κ1) is 9.39. The second kappa shape index (κ2) is 5.04. The standard InChI is InChI=1S/C11H12N2/c1-3-5-6-10-7-8-12-9-11(10)13-4-2/h3-9H,1H2,2H3/b6-5-,13-4?. The van der Waals surface area contributed by atoms with E-state index < -0.39 is 0 Å². The summed E-state index contributed by atoms with van der Waals surface area (Å²) in [5.41, 5.74) is 1.93. The Labute approximate surface area is 78.4 Å². The van der Waals surface area contributed by atoms with E-state index in [1.807, 2.05) is 25.1 Å². The summed E-state index contributed by atoms with van der Waals surface area (Å²) in [5.74, 6) is 0. The maximum atomic E-state index is 4.19. The van der Waals surface area contributed by atoms with Crippen LogP contribution < -0.4 is 0 Å². The van der Waals surface area contributed by atoms with E-state index in [2.05, 4.69) is 16.6 Å². The Morgan fingerprint density at radius 3 is 3.08 bits per heavy atom. The van der Waals surface area contributed by atoms with Crippen molar-refractivity contribution in [2.75, 3.05) is 0 Å². The predicted molar refractivity (Wildman–Crippen MR) is 57.3 cm³/mol. The van der Waals surface area contributed by atoms with E-state index in [-0.39, 0.29) is 0 Å². The molecule has 1 heterocycles. The van der Waals surface area contributed by atoms with Crippen LogP contribution >= 0.6 is 0 Å². The quantitative estimate of drug-likeness (QED) is 0.508. The topological polar surface area (TPSA) is 25.2 Å². The SMILES string of the molecule is C=C/C=C\c1ccncc1N=CC. The fraction of sp³-hybridized carbons (Fsp3) is 0.0909. The average molecular weight is 172 g/mol. The predicted octanol–water partition coefficient (Wildman–Crippen LogP) is 3.00. The summed E-state index contributed by atoms with van der Waals surface area (Å²) < 4.78 is 0. The van der Waals surface area contributed by atoms with E-state index in [1.165, 1.54) is 0 Å². The van der Waals surface area contributed by atoms with Crippen LogP contribution in [0.2, 0.25) is 0 Å². The van der Waals surface area contributed by atoms with E-state index in [1.54, 1.807) is 24.7 Å². The van der Waals surface area contributed by atoms with Gasteiger partial charge in [-0.05, 0) is 13.0 Å². The van der Waals surface area contributed by atoms with Gasteiger partial charge >= 0.3 is 0 Å². The number of pyridine rings is 1. The van der Waals surface area contributed by atoms with Crippen molar-refractivity contribution >= 4 is 18.0 Å². The van der Waals surface area contributed by atoms with Gasteiger partial charge in [-0.25, -0.2) is 0 Å². The highest BCUT2D eigenvalue weighted by atomic mass is 14.8. The van der Waals surface area contributed by atoms with Crippen LogP contribution in [-0.2, 0) is 0 Å². The second-order valence-electron chi connectivity index (χ2n) is 2.42. The molecule has 0 fully saturated rings. The van der Waals surface area contributed by atoms with E-state index in [4.69, 9.17) is 0 Å². The number of nitrogens with zero attached hydrogens (tertiary/aromatic N) is 2. The third kappa shape index (κ3) is 2.67. The number of allylic oxidation sites excluding steroid dienone is 2. The van der Waals surface area contributed by atoms with Crippen molar-refractivity contribution in [3.63, 3.8) is 0 Å². The van der Waals surface area contributed by atoms with E-state index in [9.17, 15) is 0 Å². The van der Waals surface area contributed by atoms with Crippen LogP contribution in [0.3, 0.4) is 0 Å². The first-order valence-electron chi connectivity index (χ1n) is 4.10. The summed E-state index contributed by atoms with van der Waals surface area (Å²) in [7, 11) is 0. The van der Waals surface area contributed by atoms with E-state index >= 15 is 0 Å². The number of aliphatic imine (C=N–C) groups is 1. The maximum absolute atomic E-state index is 4.19. The molecular formula is C11H12N2. The molecule has 0 aromatic carbocycles. The Kier molecular flexibility index (Phi) is 3.64. The molecule has 2 nitrogen and oxygen atoms in total. The molecule has 0 saturated carbocycles. The maximum Gasteiger partial charge on any atom is 0.0880 e. The lowest BCUT2D eigenvalue weighted by Gasteiger charge is -1.97. The second-order valence-corrected chi connectivity index (χ2v) is 2.42. The Hall–Kier alpha value is -1.70. The minimum Gasteiger partial charge on any atom is -0.262 e. The molecule has 13 heavy (non-hydrogen) atoms. The summed E-state index contributed by atoms with van der Waals surface area (Å²) in [6, 6.07) is 1.92. The Morgan fingerprint density at radius 2 is 2.38 bits per heavy atom. The Balaban J connectivity index is 3.03. The summed E-state index contributed by atoms with van der Waals surface area (Å²) in [4.78, 5) is 8.19. The van der Waals surface area contributed by atoms with E-state index in [0.717, 1.165) is 11.3 Å². The molecule has 66 valence electrons. The highest BCUT2D eigenvalue weighted by Crippen LogP contribution is 2.17. The summed E-state index contributed by atoms with van der Waals surface area (Å²) >= 11 is 0. The third-order valence-electron chi connectivity index (χ3n) is 1.51. The van der Waals surface area contributed by atoms with Gasteiger partial charge in [0.2, 0.25) is 0 Å². The van der Waals surface area contributed by atoms with Gasteiger partial charge in [0.05, 0.1) is 11.9 Å². The molecule has 0 bridgehead atoms. The molecule has 0 amide bonds. The molecule has 1 aromatic rings. The van der Waals surface area contributed by atoms with Gasteiger partial charge < -0.3 is 0 Å². The van der Waals surface area contributed by atoms with Crippen molar-refractivity contribution in [2.45, 2.75) is 6.92 Å². The van der Waals surface area contributed by atoms with Gasteiger partial charge in [0.1, 0.15) is 0 Å². The normalized spacial score (nSPS) is 11.2. The molecular weight excluding hydrogens is 160 g/mol. The van der Waals surface area contributed by atoms with Gasteiger partial charge in [0.25, 0.3) is 0 Å². The molecule has 1 aromatic heterocycles.